The highest BCUT2D eigenvalue weighted by Crippen LogP contribution is 2.29. The first-order valence-corrected chi connectivity index (χ1v) is 8.01. The number of ether oxygens (including phenoxy) is 3. The molecule has 0 aliphatic carbocycles. The van der Waals surface area contributed by atoms with Crippen molar-refractivity contribution in [3.05, 3.63) is 60.4 Å². The highest BCUT2D eigenvalue weighted by Gasteiger charge is 2.18. The molecule has 0 bridgehead atoms. The Bertz CT molecular complexity index is 1020. The van der Waals surface area contributed by atoms with Crippen molar-refractivity contribution < 1.29 is 23.9 Å². The number of nitrogens with zero attached hydrogens (tertiary/aromatic N) is 1. The molecule has 0 aliphatic heterocycles. The second-order valence-corrected chi connectivity index (χ2v) is 5.26. The Kier molecular flexibility index (Phi) is 6.68. The summed E-state index contributed by atoms with van der Waals surface area (Å²) in [5.74, 6) is 0.0719. The lowest BCUT2D eigenvalue weighted by Gasteiger charge is -2.10. The molecule has 0 fully saturated rings. The van der Waals surface area contributed by atoms with Gasteiger partial charge >= 0.3 is 22.9 Å². The fourth-order valence-corrected chi connectivity index (χ4v) is 2.23. The Balaban J connectivity index is 2.28. The molecule has 0 aliphatic rings. The van der Waals surface area contributed by atoms with Crippen molar-refractivity contribution in [1.82, 2.24) is 9.97 Å². The van der Waals surface area contributed by atoms with Crippen LogP contribution in [-0.2, 0) is 9.53 Å². The molecule has 1 aromatic carbocycles. The van der Waals surface area contributed by atoms with E-state index < -0.39 is 27.8 Å². The third kappa shape index (κ3) is 5.06. The van der Waals surface area contributed by atoms with Crippen molar-refractivity contribution in [3.63, 3.8) is 0 Å². The summed E-state index contributed by atoms with van der Waals surface area (Å²) in [6, 6.07) is 4.68. The molecule has 0 amide bonds. The van der Waals surface area contributed by atoms with Crippen molar-refractivity contribution in [2.75, 3.05) is 20.3 Å². The average Bonchev–Trinajstić information content (AvgIpc) is 2.64. The van der Waals surface area contributed by atoms with Crippen LogP contribution in [0.3, 0.4) is 0 Å². The van der Waals surface area contributed by atoms with Gasteiger partial charge < -0.3 is 19.2 Å². The summed E-state index contributed by atoms with van der Waals surface area (Å²) in [7, 11) is 1.40. The largest absolute Gasteiger partial charge is 0.493 e. The van der Waals surface area contributed by atoms with Crippen LogP contribution in [0.5, 0.6) is 11.5 Å². The number of hydrogen-bond donors (Lipinski definition) is 2. The molecule has 0 radical (unpaired) electrons. The molecule has 28 heavy (non-hydrogen) atoms. The van der Waals surface area contributed by atoms with Gasteiger partial charge in [-0.1, -0.05) is 12.1 Å². The predicted octanol–water partition coefficient (Wildman–Crippen LogP) is 1.09. The lowest BCUT2D eigenvalue weighted by molar-refractivity contribution is -0.386. The van der Waals surface area contributed by atoms with Crippen LogP contribution in [0.1, 0.15) is 18.2 Å². The highest BCUT2D eigenvalue weighted by atomic mass is 16.6. The number of aromatic amines is 2. The van der Waals surface area contributed by atoms with E-state index in [9.17, 15) is 24.5 Å². The van der Waals surface area contributed by atoms with Gasteiger partial charge in [0.15, 0.2) is 18.1 Å². The van der Waals surface area contributed by atoms with Crippen LogP contribution in [0.25, 0.3) is 12.2 Å². The van der Waals surface area contributed by atoms with Gasteiger partial charge in [-0.15, -0.1) is 0 Å². The van der Waals surface area contributed by atoms with Gasteiger partial charge in [0, 0.05) is 0 Å². The van der Waals surface area contributed by atoms with E-state index in [1.54, 1.807) is 24.0 Å². The number of carbonyl (C=O) groups excluding carboxylic acids is 1. The number of rotatable bonds is 8. The number of hydrogen-bond acceptors (Lipinski definition) is 8. The van der Waals surface area contributed by atoms with Crippen molar-refractivity contribution >= 4 is 23.8 Å². The van der Waals surface area contributed by atoms with Crippen LogP contribution in [0.15, 0.2) is 27.8 Å². The second kappa shape index (κ2) is 9.16. The Morgan fingerprint density at radius 2 is 1.96 bits per heavy atom. The Labute approximate surface area is 157 Å². The summed E-state index contributed by atoms with van der Waals surface area (Å²) in [6.07, 6.45) is 2.66. The van der Waals surface area contributed by atoms with E-state index >= 15 is 0 Å². The molecule has 11 heteroatoms. The van der Waals surface area contributed by atoms with Gasteiger partial charge in [-0.2, -0.15) is 0 Å². The van der Waals surface area contributed by atoms with Crippen LogP contribution in [-0.4, -0.2) is 41.2 Å². The van der Waals surface area contributed by atoms with Crippen LogP contribution < -0.4 is 20.7 Å². The SMILES string of the molecule is CCOC(=O)COc1ccc(/C=C/c2[nH]c(=O)[nH]c(=O)c2[N+](=O)[O-])cc1OC. The molecule has 2 aromatic rings. The topological polar surface area (TPSA) is 154 Å². The van der Waals surface area contributed by atoms with E-state index in [1.807, 2.05) is 0 Å². The van der Waals surface area contributed by atoms with Crippen LogP contribution in [0.2, 0.25) is 0 Å². The zero-order valence-electron chi connectivity index (χ0n) is 15.0. The fraction of sp³-hybridized carbons (Fsp3) is 0.235. The minimum atomic E-state index is -1.10. The van der Waals surface area contributed by atoms with Gasteiger partial charge in [0.25, 0.3) is 0 Å². The number of aromatic nitrogens is 2. The van der Waals surface area contributed by atoms with Crippen LogP contribution >= 0.6 is 0 Å². The number of methoxy groups -OCH3 is 1. The molecule has 148 valence electrons. The van der Waals surface area contributed by atoms with Gasteiger partial charge in [0.2, 0.25) is 0 Å². The van der Waals surface area contributed by atoms with Crippen molar-refractivity contribution in [3.8, 4) is 11.5 Å². The number of benzene rings is 1. The smallest absolute Gasteiger partial charge is 0.357 e. The van der Waals surface area contributed by atoms with E-state index in [4.69, 9.17) is 14.2 Å². The molecule has 1 aromatic heterocycles. The normalized spacial score (nSPS) is 10.6. The Hall–Kier alpha value is -3.89. The summed E-state index contributed by atoms with van der Waals surface area (Å²) in [5.41, 5.74) is -2.46. The monoisotopic (exact) mass is 391 g/mol. The summed E-state index contributed by atoms with van der Waals surface area (Å²) in [4.78, 5) is 48.5. The lowest BCUT2D eigenvalue weighted by atomic mass is 10.1. The molecular formula is C17H17N3O8. The first kappa shape index (κ1) is 20.4. The average molecular weight is 391 g/mol. The van der Waals surface area contributed by atoms with Gasteiger partial charge in [-0.3, -0.25) is 19.9 Å². The minimum absolute atomic E-state index is 0.236. The van der Waals surface area contributed by atoms with Gasteiger partial charge in [0.1, 0.15) is 5.69 Å². The zero-order valence-corrected chi connectivity index (χ0v) is 15.0. The predicted molar refractivity (Wildman–Crippen MR) is 98.4 cm³/mol. The van der Waals surface area contributed by atoms with Crippen LogP contribution in [0.4, 0.5) is 5.69 Å². The molecule has 2 N–H and O–H groups in total. The van der Waals surface area contributed by atoms with Crippen molar-refractivity contribution in [2.45, 2.75) is 6.92 Å². The molecule has 0 saturated heterocycles. The first-order chi connectivity index (χ1) is 13.3. The Morgan fingerprint density at radius 1 is 1.21 bits per heavy atom. The maximum absolute atomic E-state index is 11.6. The van der Waals surface area contributed by atoms with E-state index in [2.05, 4.69) is 4.98 Å². The van der Waals surface area contributed by atoms with Gasteiger partial charge in [-0.05, 0) is 30.7 Å². The second-order valence-electron chi connectivity index (χ2n) is 5.26. The van der Waals surface area contributed by atoms with Gasteiger partial charge in [-0.25, -0.2) is 9.59 Å². The third-order valence-electron chi connectivity index (χ3n) is 3.41. The van der Waals surface area contributed by atoms with Crippen molar-refractivity contribution in [2.24, 2.45) is 0 Å². The zero-order chi connectivity index (χ0) is 20.7. The molecule has 0 saturated carbocycles. The molecule has 0 atom stereocenters. The number of nitro groups is 1. The number of carbonyl (C=O) groups is 1. The molecule has 1 heterocycles. The maximum atomic E-state index is 11.6. The van der Waals surface area contributed by atoms with E-state index in [1.165, 1.54) is 25.3 Å². The van der Waals surface area contributed by atoms with Crippen molar-refractivity contribution in [1.29, 1.82) is 0 Å². The molecule has 0 spiro atoms. The number of esters is 1. The summed E-state index contributed by atoms with van der Waals surface area (Å²) in [6.45, 7) is 1.62. The fourth-order valence-electron chi connectivity index (χ4n) is 2.23. The summed E-state index contributed by atoms with van der Waals surface area (Å²) >= 11 is 0. The Morgan fingerprint density at radius 3 is 2.61 bits per heavy atom. The van der Waals surface area contributed by atoms with E-state index in [0.717, 1.165) is 0 Å². The summed E-state index contributed by atoms with van der Waals surface area (Å²) < 4.78 is 15.3. The molecular weight excluding hydrogens is 374 g/mol. The maximum Gasteiger partial charge on any atom is 0.357 e. The first-order valence-electron chi connectivity index (χ1n) is 8.01. The third-order valence-corrected chi connectivity index (χ3v) is 3.41. The standard InChI is InChI=1S/C17H17N3O8/c1-3-27-14(21)9-28-12-7-5-10(8-13(12)26-2)4-6-11-15(20(24)25)16(22)19-17(23)18-11/h4-8H,3,9H2,1-2H3,(H2,18,19,22,23)/b6-4+. The lowest BCUT2D eigenvalue weighted by Crippen LogP contribution is -2.25. The highest BCUT2D eigenvalue weighted by molar-refractivity contribution is 5.73. The van der Waals surface area contributed by atoms with E-state index in [0.29, 0.717) is 17.1 Å². The van der Waals surface area contributed by atoms with E-state index in [-0.39, 0.29) is 18.9 Å². The quantitative estimate of drug-likeness (QED) is 0.385. The number of nitrogens with one attached hydrogen (secondary N) is 2. The summed E-state index contributed by atoms with van der Waals surface area (Å²) in [5, 5.41) is 11.0. The molecule has 0 unspecified atom stereocenters. The molecule has 2 rings (SSSR count). The number of H-pyrrole nitrogens is 2. The minimum Gasteiger partial charge on any atom is -0.493 e. The van der Waals surface area contributed by atoms with Gasteiger partial charge in [0.05, 0.1) is 18.6 Å². The molecule has 11 nitrogen and oxygen atoms in total. The van der Waals surface area contributed by atoms with Crippen LogP contribution in [0, 0.1) is 10.1 Å².